The second-order valence-electron chi connectivity index (χ2n) is 6.62. The molecule has 30 heavy (non-hydrogen) atoms. The second-order valence-corrected chi connectivity index (χ2v) is 7.48. The van der Waals surface area contributed by atoms with Gasteiger partial charge in [0.25, 0.3) is 5.91 Å². The third kappa shape index (κ3) is 5.27. The number of ether oxygens (including phenoxy) is 1. The molecule has 0 fully saturated rings. The van der Waals surface area contributed by atoms with Crippen LogP contribution in [0.4, 0.5) is 5.69 Å². The normalized spacial score (nSPS) is 10.3. The van der Waals surface area contributed by atoms with Crippen molar-refractivity contribution in [3.05, 3.63) is 75.6 Å². The first-order chi connectivity index (χ1) is 14.5. The van der Waals surface area contributed by atoms with E-state index in [0.717, 1.165) is 16.1 Å². The molecule has 1 aromatic carbocycles. The van der Waals surface area contributed by atoms with Crippen LogP contribution in [0.25, 0.3) is 0 Å². The summed E-state index contributed by atoms with van der Waals surface area (Å²) >= 11 is 1.27. The Bertz CT molecular complexity index is 1100. The zero-order valence-corrected chi connectivity index (χ0v) is 17.5. The fraction of sp³-hybridized carbons (Fsp3) is 0.227. The van der Waals surface area contributed by atoms with Crippen molar-refractivity contribution in [3.63, 3.8) is 0 Å². The van der Waals surface area contributed by atoms with Crippen molar-refractivity contribution in [3.8, 4) is 6.07 Å². The Morgan fingerprint density at radius 2 is 2.10 bits per heavy atom. The zero-order chi connectivity index (χ0) is 21.5. The summed E-state index contributed by atoms with van der Waals surface area (Å²) < 4.78 is 9.00. The molecule has 0 atom stereocenters. The fourth-order valence-corrected chi connectivity index (χ4v) is 3.82. The summed E-state index contributed by atoms with van der Waals surface area (Å²) in [5.74, 6) is -0.513. The SMILES string of the molecule is COC(=O)CCc1cccc(NC(=O)c2c(C)nsc2Cc2ccc(C#N)cn2)c1. The number of esters is 1. The number of nitriles is 1. The molecule has 0 aliphatic heterocycles. The summed E-state index contributed by atoms with van der Waals surface area (Å²) in [5, 5.41) is 11.8. The zero-order valence-electron chi connectivity index (χ0n) is 16.6. The Morgan fingerprint density at radius 1 is 1.27 bits per heavy atom. The van der Waals surface area contributed by atoms with E-state index in [-0.39, 0.29) is 18.3 Å². The molecule has 1 amide bonds. The van der Waals surface area contributed by atoms with Crippen molar-refractivity contribution in [2.24, 2.45) is 0 Å². The molecule has 0 bridgehead atoms. The molecule has 7 nitrogen and oxygen atoms in total. The second kappa shape index (κ2) is 9.76. The molecule has 3 rings (SSSR count). The summed E-state index contributed by atoms with van der Waals surface area (Å²) in [7, 11) is 1.36. The molecular formula is C22H20N4O3S. The van der Waals surface area contributed by atoms with Crippen LogP contribution < -0.4 is 5.32 Å². The van der Waals surface area contributed by atoms with Crippen LogP contribution in [0.3, 0.4) is 0 Å². The van der Waals surface area contributed by atoms with Gasteiger partial charge in [-0.1, -0.05) is 12.1 Å². The van der Waals surface area contributed by atoms with Gasteiger partial charge in [0.15, 0.2) is 0 Å². The van der Waals surface area contributed by atoms with E-state index in [0.29, 0.717) is 35.3 Å². The van der Waals surface area contributed by atoms with E-state index in [9.17, 15) is 9.59 Å². The van der Waals surface area contributed by atoms with Crippen LogP contribution in [0.15, 0.2) is 42.6 Å². The molecule has 1 N–H and O–H groups in total. The quantitative estimate of drug-likeness (QED) is 0.585. The van der Waals surface area contributed by atoms with Gasteiger partial charge in [0.2, 0.25) is 0 Å². The molecular weight excluding hydrogens is 400 g/mol. The minimum atomic E-state index is -0.273. The Kier molecular flexibility index (Phi) is 6.88. The predicted octanol–water partition coefficient (Wildman–Crippen LogP) is 3.67. The standard InChI is InChI=1S/C22H20N4O3S/c1-14-21(19(30-26-14)11-17-8-6-16(12-23)13-24-17)22(28)25-18-5-3-4-15(10-18)7-9-20(27)29-2/h3-6,8,10,13H,7,9,11H2,1-2H3,(H,25,28). The smallest absolute Gasteiger partial charge is 0.305 e. The van der Waals surface area contributed by atoms with Gasteiger partial charge >= 0.3 is 5.97 Å². The molecule has 0 aliphatic rings. The molecule has 0 saturated carbocycles. The van der Waals surface area contributed by atoms with Crippen LogP contribution in [-0.2, 0) is 22.4 Å². The molecule has 3 aromatic rings. The number of hydrogen-bond acceptors (Lipinski definition) is 7. The predicted molar refractivity (Wildman–Crippen MR) is 113 cm³/mol. The molecule has 2 heterocycles. The molecule has 8 heteroatoms. The highest BCUT2D eigenvalue weighted by Crippen LogP contribution is 2.23. The third-order valence-corrected chi connectivity index (χ3v) is 5.42. The topological polar surface area (TPSA) is 105 Å². The maximum atomic E-state index is 12.9. The van der Waals surface area contributed by atoms with Crippen LogP contribution in [0.5, 0.6) is 0 Å². The molecule has 0 unspecified atom stereocenters. The van der Waals surface area contributed by atoms with Gasteiger partial charge in [-0.05, 0) is 54.7 Å². The van der Waals surface area contributed by atoms with Gasteiger partial charge in [-0.2, -0.15) is 9.64 Å². The van der Waals surface area contributed by atoms with Crippen LogP contribution in [0.1, 0.15) is 44.2 Å². The van der Waals surface area contributed by atoms with Crippen LogP contribution in [0.2, 0.25) is 0 Å². The lowest BCUT2D eigenvalue weighted by atomic mass is 10.1. The number of amides is 1. The van der Waals surface area contributed by atoms with Crippen molar-refractivity contribution in [2.45, 2.75) is 26.2 Å². The van der Waals surface area contributed by atoms with Crippen molar-refractivity contribution in [1.29, 1.82) is 5.26 Å². The molecule has 0 spiro atoms. The van der Waals surface area contributed by atoms with Crippen molar-refractivity contribution < 1.29 is 14.3 Å². The number of pyridine rings is 1. The van der Waals surface area contributed by atoms with Crippen LogP contribution >= 0.6 is 11.5 Å². The van der Waals surface area contributed by atoms with Gasteiger partial charge in [-0.3, -0.25) is 14.6 Å². The average Bonchev–Trinajstić information content (AvgIpc) is 3.12. The van der Waals surface area contributed by atoms with E-state index in [1.807, 2.05) is 24.3 Å². The Labute approximate surface area is 178 Å². The van der Waals surface area contributed by atoms with E-state index < -0.39 is 0 Å². The summed E-state index contributed by atoms with van der Waals surface area (Å²) in [6.45, 7) is 1.80. The molecule has 152 valence electrons. The first-order valence-corrected chi connectivity index (χ1v) is 10.0. The fourth-order valence-electron chi connectivity index (χ4n) is 2.93. The van der Waals surface area contributed by atoms with Gasteiger partial charge < -0.3 is 10.1 Å². The van der Waals surface area contributed by atoms with Gasteiger partial charge in [0.1, 0.15) is 6.07 Å². The van der Waals surface area contributed by atoms with Crippen LogP contribution in [0, 0.1) is 18.3 Å². The number of rotatable bonds is 7. The maximum Gasteiger partial charge on any atom is 0.305 e. The Morgan fingerprint density at radius 3 is 2.80 bits per heavy atom. The summed E-state index contributed by atoms with van der Waals surface area (Å²) in [4.78, 5) is 29.4. The summed E-state index contributed by atoms with van der Waals surface area (Å²) in [5.41, 5.74) is 4.02. The first kappa shape index (κ1) is 21.1. The van der Waals surface area contributed by atoms with Gasteiger partial charge in [0.05, 0.1) is 23.9 Å². The Hall–Kier alpha value is -3.57. The number of carbonyl (C=O) groups excluding carboxylic acids is 2. The van der Waals surface area contributed by atoms with Crippen molar-refractivity contribution >= 4 is 29.1 Å². The molecule has 0 aliphatic carbocycles. The number of carbonyl (C=O) groups is 2. The summed E-state index contributed by atoms with van der Waals surface area (Å²) in [6, 6.07) is 12.9. The lowest BCUT2D eigenvalue weighted by Crippen LogP contribution is -2.14. The molecule has 0 saturated heterocycles. The van der Waals surface area contributed by atoms with Crippen LogP contribution in [-0.4, -0.2) is 28.3 Å². The van der Waals surface area contributed by atoms with E-state index in [4.69, 9.17) is 5.26 Å². The first-order valence-electron chi connectivity index (χ1n) is 9.27. The van der Waals surface area contributed by atoms with Gasteiger partial charge in [-0.15, -0.1) is 0 Å². The van der Waals surface area contributed by atoms with Crippen molar-refractivity contribution in [1.82, 2.24) is 9.36 Å². The molecule has 0 radical (unpaired) electrons. The van der Waals surface area contributed by atoms with E-state index in [2.05, 4.69) is 19.4 Å². The highest BCUT2D eigenvalue weighted by Gasteiger charge is 2.19. The number of methoxy groups -OCH3 is 1. The van der Waals surface area contributed by atoms with Gasteiger partial charge in [-0.25, -0.2) is 0 Å². The minimum Gasteiger partial charge on any atom is -0.469 e. The number of aryl methyl sites for hydroxylation is 2. The average molecular weight is 420 g/mol. The number of hydrogen-bond donors (Lipinski definition) is 1. The third-order valence-electron chi connectivity index (χ3n) is 4.49. The number of anilines is 1. The highest BCUT2D eigenvalue weighted by atomic mass is 32.1. The van der Waals surface area contributed by atoms with Crippen molar-refractivity contribution in [2.75, 3.05) is 12.4 Å². The lowest BCUT2D eigenvalue weighted by molar-refractivity contribution is -0.140. The van der Waals surface area contributed by atoms with E-state index >= 15 is 0 Å². The lowest BCUT2D eigenvalue weighted by Gasteiger charge is -2.09. The highest BCUT2D eigenvalue weighted by molar-refractivity contribution is 7.06. The Balaban J connectivity index is 1.73. The minimum absolute atomic E-state index is 0.241. The maximum absolute atomic E-state index is 12.9. The number of aromatic nitrogens is 2. The number of nitrogens with one attached hydrogen (secondary N) is 1. The van der Waals surface area contributed by atoms with Gasteiger partial charge in [0, 0.05) is 35.3 Å². The molecule has 2 aromatic heterocycles. The van der Waals surface area contributed by atoms with E-state index in [1.54, 1.807) is 25.1 Å². The number of benzene rings is 1. The monoisotopic (exact) mass is 420 g/mol. The summed E-state index contributed by atoms with van der Waals surface area (Å²) in [6.07, 6.45) is 2.79. The number of nitrogens with zero attached hydrogens (tertiary/aromatic N) is 3. The largest absolute Gasteiger partial charge is 0.469 e. The van der Waals surface area contributed by atoms with E-state index in [1.165, 1.54) is 24.8 Å².